The van der Waals surface area contributed by atoms with E-state index in [1.165, 1.54) is 0 Å². The summed E-state index contributed by atoms with van der Waals surface area (Å²) in [5.74, 6) is 0.982. The summed E-state index contributed by atoms with van der Waals surface area (Å²) in [5.41, 5.74) is 1.05. The Balaban J connectivity index is 1.46. The third kappa shape index (κ3) is 5.00. The maximum Gasteiger partial charge on any atom is 0.325 e. The van der Waals surface area contributed by atoms with Gasteiger partial charge < -0.3 is 19.5 Å². The summed E-state index contributed by atoms with van der Waals surface area (Å²) in [6.45, 7) is 2.36. The van der Waals surface area contributed by atoms with Crippen molar-refractivity contribution in [2.24, 2.45) is 0 Å². The Labute approximate surface area is 161 Å². The van der Waals surface area contributed by atoms with Crippen molar-refractivity contribution < 1.29 is 28.6 Å². The zero-order valence-corrected chi connectivity index (χ0v) is 15.3. The Morgan fingerprint density at radius 1 is 1.00 bits per heavy atom. The average Bonchev–Trinajstić information content (AvgIpc) is 2.72. The molecule has 0 radical (unpaired) electrons. The van der Waals surface area contributed by atoms with E-state index >= 15 is 0 Å². The molecular formula is C20H20N2O6. The smallest absolute Gasteiger partial charge is 0.325 e. The molecule has 28 heavy (non-hydrogen) atoms. The maximum atomic E-state index is 11.9. The summed E-state index contributed by atoms with van der Waals surface area (Å²) in [6.07, 6.45) is 0.418. The van der Waals surface area contributed by atoms with Crippen LogP contribution in [0.4, 0.5) is 10.5 Å². The molecule has 0 spiro atoms. The Morgan fingerprint density at radius 2 is 1.71 bits per heavy atom. The highest BCUT2D eigenvalue weighted by Crippen LogP contribution is 2.32. The highest BCUT2D eigenvalue weighted by molar-refractivity contribution is 6.01. The van der Waals surface area contributed by atoms with Crippen LogP contribution >= 0.6 is 0 Å². The van der Waals surface area contributed by atoms with Crippen LogP contribution in [0.1, 0.15) is 23.7 Å². The van der Waals surface area contributed by atoms with E-state index in [4.69, 9.17) is 14.2 Å². The van der Waals surface area contributed by atoms with Gasteiger partial charge in [0.25, 0.3) is 5.91 Å². The van der Waals surface area contributed by atoms with E-state index < -0.39 is 11.9 Å². The van der Waals surface area contributed by atoms with Crippen molar-refractivity contribution in [1.82, 2.24) is 5.32 Å². The zero-order valence-electron chi connectivity index (χ0n) is 15.3. The summed E-state index contributed by atoms with van der Waals surface area (Å²) in [4.78, 5) is 35.4. The highest BCUT2D eigenvalue weighted by Gasteiger charge is 2.14. The average molecular weight is 384 g/mol. The van der Waals surface area contributed by atoms with Crippen molar-refractivity contribution in [1.29, 1.82) is 0 Å². The zero-order chi connectivity index (χ0) is 19.9. The van der Waals surface area contributed by atoms with Gasteiger partial charge in [0.1, 0.15) is 19.0 Å². The van der Waals surface area contributed by atoms with Gasteiger partial charge >= 0.3 is 6.03 Å². The van der Waals surface area contributed by atoms with Gasteiger partial charge in [-0.25, -0.2) is 4.79 Å². The molecule has 0 fully saturated rings. The van der Waals surface area contributed by atoms with Crippen LogP contribution in [0, 0.1) is 0 Å². The number of fused-ring (bicyclic) bond motifs is 1. The van der Waals surface area contributed by atoms with Gasteiger partial charge in [-0.2, -0.15) is 0 Å². The molecule has 0 unspecified atom stereocenters. The summed E-state index contributed by atoms with van der Waals surface area (Å²) in [7, 11) is 0. The van der Waals surface area contributed by atoms with Crippen molar-refractivity contribution >= 4 is 23.4 Å². The minimum absolute atomic E-state index is 0.0279. The number of Topliss-reactive ketones (excluding diaryl/α,β-unsaturated/α-hetero) is 1. The molecule has 1 heterocycles. The number of ether oxygens (including phenoxy) is 3. The first-order valence-corrected chi connectivity index (χ1v) is 8.81. The number of amides is 3. The molecule has 0 atom stereocenters. The minimum atomic E-state index is -0.686. The lowest BCUT2D eigenvalue weighted by Crippen LogP contribution is -2.37. The van der Waals surface area contributed by atoms with Crippen LogP contribution in [0.3, 0.4) is 0 Å². The summed E-state index contributed by atoms with van der Waals surface area (Å²) in [5, 5.41) is 4.73. The molecule has 0 aliphatic carbocycles. The first kappa shape index (κ1) is 19.2. The Hall–Kier alpha value is -3.55. The normalized spacial score (nSPS) is 12.0. The molecule has 2 aromatic rings. The number of urea groups is 1. The summed E-state index contributed by atoms with van der Waals surface area (Å²) < 4.78 is 16.2. The van der Waals surface area contributed by atoms with Gasteiger partial charge in [0.05, 0.1) is 0 Å². The van der Waals surface area contributed by atoms with Gasteiger partial charge in [0.15, 0.2) is 23.9 Å². The predicted molar refractivity (Wildman–Crippen MR) is 101 cm³/mol. The highest BCUT2D eigenvalue weighted by atomic mass is 16.6. The van der Waals surface area contributed by atoms with E-state index in [1.54, 1.807) is 49.4 Å². The van der Waals surface area contributed by atoms with Gasteiger partial charge in [-0.3, -0.25) is 14.9 Å². The van der Waals surface area contributed by atoms with Gasteiger partial charge in [-0.15, -0.1) is 0 Å². The molecule has 3 rings (SSSR count). The van der Waals surface area contributed by atoms with Gasteiger partial charge in [0, 0.05) is 23.7 Å². The SMILES string of the molecule is CCC(=O)c1ccc(OCC(=O)NC(=O)Nc2ccc3c(c2)OCCO3)cc1. The molecule has 146 valence electrons. The molecule has 1 aliphatic heterocycles. The Bertz CT molecular complexity index is 879. The number of imide groups is 1. The molecule has 0 bridgehead atoms. The van der Waals surface area contributed by atoms with E-state index in [9.17, 15) is 14.4 Å². The molecule has 3 amide bonds. The van der Waals surface area contributed by atoms with Crippen molar-refractivity contribution in [2.45, 2.75) is 13.3 Å². The van der Waals surface area contributed by atoms with Crippen molar-refractivity contribution in [3.63, 3.8) is 0 Å². The number of hydrogen-bond donors (Lipinski definition) is 2. The van der Waals surface area contributed by atoms with Crippen molar-refractivity contribution in [2.75, 3.05) is 25.1 Å². The number of hydrogen-bond acceptors (Lipinski definition) is 6. The predicted octanol–water partition coefficient (Wildman–Crippen LogP) is 2.78. The number of benzene rings is 2. The largest absolute Gasteiger partial charge is 0.486 e. The number of anilines is 1. The summed E-state index contributed by atoms with van der Waals surface area (Å²) in [6, 6.07) is 10.7. The molecule has 8 heteroatoms. The van der Waals surface area contributed by atoms with E-state index in [1.807, 2.05) is 0 Å². The van der Waals surface area contributed by atoms with E-state index in [0.29, 0.717) is 48.1 Å². The molecule has 0 saturated heterocycles. The third-order valence-electron chi connectivity index (χ3n) is 3.92. The molecule has 0 saturated carbocycles. The second-order valence-corrected chi connectivity index (χ2v) is 5.95. The Morgan fingerprint density at radius 3 is 2.43 bits per heavy atom. The number of ketones is 1. The lowest BCUT2D eigenvalue weighted by Gasteiger charge is -2.19. The fraction of sp³-hybridized carbons (Fsp3) is 0.250. The topological polar surface area (TPSA) is 103 Å². The van der Waals surface area contributed by atoms with Gasteiger partial charge in [-0.05, 0) is 36.4 Å². The van der Waals surface area contributed by atoms with E-state index in [-0.39, 0.29) is 12.4 Å². The number of carbonyl (C=O) groups excluding carboxylic acids is 3. The fourth-order valence-corrected chi connectivity index (χ4v) is 2.54. The number of nitrogens with one attached hydrogen (secondary N) is 2. The third-order valence-corrected chi connectivity index (χ3v) is 3.92. The van der Waals surface area contributed by atoms with Crippen LogP contribution in [0.25, 0.3) is 0 Å². The molecule has 8 nitrogen and oxygen atoms in total. The standard InChI is InChI=1S/C20H20N2O6/c1-2-16(23)13-3-6-15(7-4-13)28-12-19(24)22-20(25)21-14-5-8-17-18(11-14)27-10-9-26-17/h3-8,11H,2,9-10,12H2,1H3,(H2,21,22,24,25). The van der Waals surface area contributed by atoms with Crippen LogP contribution in [-0.2, 0) is 4.79 Å². The monoisotopic (exact) mass is 384 g/mol. The maximum absolute atomic E-state index is 11.9. The first-order chi connectivity index (χ1) is 13.5. The van der Waals surface area contributed by atoms with Crippen LogP contribution in [0.15, 0.2) is 42.5 Å². The van der Waals surface area contributed by atoms with Gasteiger partial charge in [-0.1, -0.05) is 6.92 Å². The molecular weight excluding hydrogens is 364 g/mol. The fourth-order valence-electron chi connectivity index (χ4n) is 2.54. The second kappa shape index (κ2) is 8.90. The number of rotatable bonds is 6. The van der Waals surface area contributed by atoms with Crippen LogP contribution in [0.2, 0.25) is 0 Å². The van der Waals surface area contributed by atoms with E-state index in [0.717, 1.165) is 0 Å². The lowest BCUT2D eigenvalue weighted by molar-refractivity contribution is -0.121. The van der Waals surface area contributed by atoms with Crippen molar-refractivity contribution in [3.05, 3.63) is 48.0 Å². The van der Waals surface area contributed by atoms with E-state index in [2.05, 4.69) is 10.6 Å². The second-order valence-electron chi connectivity index (χ2n) is 5.95. The first-order valence-electron chi connectivity index (χ1n) is 8.81. The summed E-state index contributed by atoms with van der Waals surface area (Å²) >= 11 is 0. The van der Waals surface area contributed by atoms with Gasteiger partial charge in [0.2, 0.25) is 0 Å². The Kier molecular flexibility index (Phi) is 6.11. The molecule has 0 aromatic heterocycles. The lowest BCUT2D eigenvalue weighted by atomic mass is 10.1. The van der Waals surface area contributed by atoms with Crippen LogP contribution in [-0.4, -0.2) is 37.5 Å². The molecule has 2 N–H and O–H groups in total. The quantitative estimate of drug-likeness (QED) is 0.743. The molecule has 1 aliphatic rings. The van der Waals surface area contributed by atoms with Crippen LogP contribution < -0.4 is 24.8 Å². The number of carbonyl (C=O) groups is 3. The molecule has 2 aromatic carbocycles. The van der Waals surface area contributed by atoms with Crippen molar-refractivity contribution in [3.8, 4) is 17.2 Å². The minimum Gasteiger partial charge on any atom is -0.486 e. The van der Waals surface area contributed by atoms with Crippen LogP contribution in [0.5, 0.6) is 17.2 Å².